The summed E-state index contributed by atoms with van der Waals surface area (Å²) in [5, 5.41) is 5.49. The number of halogens is 1. The number of methoxy groups -OCH3 is 1. The van der Waals surface area contributed by atoms with Gasteiger partial charge in [0, 0.05) is 12.8 Å². The first kappa shape index (κ1) is 17.0. The zero-order valence-corrected chi connectivity index (χ0v) is 13.3. The van der Waals surface area contributed by atoms with Crippen LogP contribution in [0.1, 0.15) is 18.9 Å². The third-order valence-electron chi connectivity index (χ3n) is 3.90. The molecule has 122 valence electrons. The molecule has 4 nitrogen and oxygen atoms in total. The lowest BCUT2D eigenvalue weighted by atomic mass is 9.91. The standard InChI is InChI=1S/C18H21FN2O2/c1-3-18(23-2,14-7-5-4-6-8-14)13-20-17(22)21-16-11-9-15(19)10-12-16/h4-12H,3,13H2,1-2H3,(H2,20,21,22). The number of rotatable bonds is 6. The molecule has 0 fully saturated rings. The van der Waals surface area contributed by atoms with Crippen LogP contribution in [0.5, 0.6) is 0 Å². The van der Waals surface area contributed by atoms with Gasteiger partial charge in [-0.25, -0.2) is 9.18 Å². The van der Waals surface area contributed by atoms with Crippen molar-refractivity contribution in [3.05, 3.63) is 66.0 Å². The number of amides is 2. The van der Waals surface area contributed by atoms with Gasteiger partial charge in [-0.3, -0.25) is 0 Å². The molecular weight excluding hydrogens is 295 g/mol. The topological polar surface area (TPSA) is 50.4 Å². The summed E-state index contributed by atoms with van der Waals surface area (Å²) in [4.78, 5) is 12.0. The molecule has 2 rings (SSSR count). The third kappa shape index (κ3) is 4.29. The van der Waals surface area contributed by atoms with Crippen LogP contribution in [0.4, 0.5) is 14.9 Å². The lowest BCUT2D eigenvalue weighted by Crippen LogP contribution is -2.43. The van der Waals surface area contributed by atoms with Crippen molar-refractivity contribution in [2.45, 2.75) is 18.9 Å². The zero-order chi connectivity index (χ0) is 16.7. The Morgan fingerprint density at radius 3 is 2.35 bits per heavy atom. The highest BCUT2D eigenvalue weighted by Crippen LogP contribution is 2.28. The molecule has 0 aliphatic heterocycles. The van der Waals surface area contributed by atoms with E-state index in [9.17, 15) is 9.18 Å². The smallest absolute Gasteiger partial charge is 0.319 e. The van der Waals surface area contributed by atoms with Gasteiger partial charge in [-0.05, 0) is 36.2 Å². The van der Waals surface area contributed by atoms with Gasteiger partial charge in [-0.2, -0.15) is 0 Å². The van der Waals surface area contributed by atoms with E-state index in [1.165, 1.54) is 24.3 Å². The molecule has 0 spiro atoms. The normalized spacial score (nSPS) is 13.2. The molecule has 0 aliphatic rings. The van der Waals surface area contributed by atoms with Crippen molar-refractivity contribution in [2.24, 2.45) is 0 Å². The first-order chi connectivity index (χ1) is 11.1. The van der Waals surface area contributed by atoms with Crippen molar-refractivity contribution >= 4 is 11.7 Å². The molecule has 1 unspecified atom stereocenters. The zero-order valence-electron chi connectivity index (χ0n) is 13.3. The van der Waals surface area contributed by atoms with Gasteiger partial charge in [0.1, 0.15) is 11.4 Å². The summed E-state index contributed by atoms with van der Waals surface area (Å²) in [7, 11) is 1.63. The molecule has 2 aromatic carbocycles. The molecule has 0 heterocycles. The number of urea groups is 1. The Bertz CT molecular complexity index is 625. The Morgan fingerprint density at radius 2 is 1.78 bits per heavy atom. The number of anilines is 1. The van der Waals surface area contributed by atoms with Gasteiger partial charge in [0.15, 0.2) is 0 Å². The predicted molar refractivity (Wildman–Crippen MR) is 88.8 cm³/mol. The molecular formula is C18H21FN2O2. The van der Waals surface area contributed by atoms with Gasteiger partial charge in [0.05, 0.1) is 6.54 Å². The minimum Gasteiger partial charge on any atom is -0.372 e. The van der Waals surface area contributed by atoms with Crippen LogP contribution in [0.2, 0.25) is 0 Å². The van der Waals surface area contributed by atoms with Crippen LogP contribution in [0, 0.1) is 5.82 Å². The van der Waals surface area contributed by atoms with Gasteiger partial charge in [-0.1, -0.05) is 37.3 Å². The van der Waals surface area contributed by atoms with Crippen LogP contribution >= 0.6 is 0 Å². The second-order valence-corrected chi connectivity index (χ2v) is 5.23. The van der Waals surface area contributed by atoms with E-state index in [4.69, 9.17) is 4.74 Å². The third-order valence-corrected chi connectivity index (χ3v) is 3.90. The first-order valence-electron chi connectivity index (χ1n) is 7.51. The summed E-state index contributed by atoms with van der Waals surface area (Å²) in [6.45, 7) is 2.34. The number of carbonyl (C=O) groups excluding carboxylic acids is 1. The fraction of sp³-hybridized carbons (Fsp3) is 0.278. The average Bonchev–Trinajstić information content (AvgIpc) is 2.59. The number of hydrogen-bond donors (Lipinski definition) is 2. The summed E-state index contributed by atoms with van der Waals surface area (Å²) in [5.74, 6) is -0.343. The molecule has 2 N–H and O–H groups in total. The maximum atomic E-state index is 12.9. The first-order valence-corrected chi connectivity index (χ1v) is 7.51. The summed E-state index contributed by atoms with van der Waals surface area (Å²) in [6, 6.07) is 15.0. The van der Waals surface area contributed by atoms with E-state index in [1.807, 2.05) is 37.3 Å². The van der Waals surface area contributed by atoms with Crippen LogP contribution in [-0.4, -0.2) is 19.7 Å². The highest BCUT2D eigenvalue weighted by Gasteiger charge is 2.30. The van der Waals surface area contributed by atoms with E-state index in [-0.39, 0.29) is 11.8 Å². The lowest BCUT2D eigenvalue weighted by Gasteiger charge is -2.32. The number of carbonyl (C=O) groups is 1. The molecule has 5 heteroatoms. The molecule has 23 heavy (non-hydrogen) atoms. The molecule has 0 bridgehead atoms. The number of benzene rings is 2. The fourth-order valence-electron chi connectivity index (χ4n) is 2.44. The van der Waals surface area contributed by atoms with Crippen molar-refractivity contribution in [1.29, 1.82) is 0 Å². The molecule has 0 saturated heterocycles. The van der Waals surface area contributed by atoms with E-state index in [0.29, 0.717) is 18.7 Å². The number of ether oxygens (including phenoxy) is 1. The Labute approximate surface area is 135 Å². The molecule has 0 aliphatic carbocycles. The van der Waals surface area contributed by atoms with Crippen LogP contribution in [-0.2, 0) is 10.3 Å². The molecule has 2 aromatic rings. The van der Waals surface area contributed by atoms with E-state index < -0.39 is 5.60 Å². The molecule has 0 aromatic heterocycles. The summed E-state index contributed by atoms with van der Waals surface area (Å²) >= 11 is 0. The lowest BCUT2D eigenvalue weighted by molar-refractivity contribution is -0.0149. The molecule has 0 radical (unpaired) electrons. The molecule has 0 saturated carbocycles. The van der Waals surface area contributed by atoms with Gasteiger partial charge >= 0.3 is 6.03 Å². The maximum Gasteiger partial charge on any atom is 0.319 e. The molecule has 1 atom stereocenters. The Hall–Kier alpha value is -2.40. The van der Waals surface area contributed by atoms with Crippen molar-refractivity contribution in [3.8, 4) is 0 Å². The predicted octanol–water partition coefficient (Wildman–Crippen LogP) is 3.90. The van der Waals surface area contributed by atoms with Crippen LogP contribution in [0.25, 0.3) is 0 Å². The van der Waals surface area contributed by atoms with Gasteiger partial charge < -0.3 is 15.4 Å². The van der Waals surface area contributed by atoms with Crippen LogP contribution in [0.3, 0.4) is 0 Å². The Morgan fingerprint density at radius 1 is 1.13 bits per heavy atom. The quantitative estimate of drug-likeness (QED) is 0.849. The maximum absolute atomic E-state index is 12.9. The SMILES string of the molecule is CCC(CNC(=O)Nc1ccc(F)cc1)(OC)c1ccccc1. The van der Waals surface area contributed by atoms with Crippen molar-refractivity contribution < 1.29 is 13.9 Å². The second-order valence-electron chi connectivity index (χ2n) is 5.23. The van der Waals surface area contributed by atoms with Crippen LogP contribution < -0.4 is 10.6 Å². The fourth-order valence-corrected chi connectivity index (χ4v) is 2.44. The Balaban J connectivity index is 2.01. The van der Waals surface area contributed by atoms with Crippen molar-refractivity contribution in [3.63, 3.8) is 0 Å². The summed E-state index contributed by atoms with van der Waals surface area (Å²) < 4.78 is 18.6. The van der Waals surface area contributed by atoms with Crippen molar-refractivity contribution in [2.75, 3.05) is 19.0 Å². The molecule has 2 amide bonds. The number of hydrogen-bond acceptors (Lipinski definition) is 2. The highest BCUT2D eigenvalue weighted by molar-refractivity contribution is 5.89. The largest absolute Gasteiger partial charge is 0.372 e. The van der Waals surface area contributed by atoms with Crippen LogP contribution in [0.15, 0.2) is 54.6 Å². The minimum absolute atomic E-state index is 0.330. The summed E-state index contributed by atoms with van der Waals surface area (Å²) in [6.07, 6.45) is 0.713. The summed E-state index contributed by atoms with van der Waals surface area (Å²) in [5.41, 5.74) is 0.955. The highest BCUT2D eigenvalue weighted by atomic mass is 19.1. The van der Waals surface area contributed by atoms with Crippen molar-refractivity contribution in [1.82, 2.24) is 5.32 Å². The van der Waals surface area contributed by atoms with E-state index in [1.54, 1.807) is 7.11 Å². The van der Waals surface area contributed by atoms with E-state index in [2.05, 4.69) is 10.6 Å². The average molecular weight is 316 g/mol. The van der Waals surface area contributed by atoms with E-state index in [0.717, 1.165) is 5.56 Å². The van der Waals surface area contributed by atoms with Gasteiger partial charge in [-0.15, -0.1) is 0 Å². The second kappa shape index (κ2) is 7.74. The van der Waals surface area contributed by atoms with Gasteiger partial charge in [0.25, 0.3) is 0 Å². The minimum atomic E-state index is -0.582. The van der Waals surface area contributed by atoms with Gasteiger partial charge in [0.2, 0.25) is 0 Å². The van der Waals surface area contributed by atoms with E-state index >= 15 is 0 Å². The Kier molecular flexibility index (Phi) is 5.71. The number of nitrogens with one attached hydrogen (secondary N) is 2. The monoisotopic (exact) mass is 316 g/mol.